The molecule has 5 aromatic rings. The maximum absolute atomic E-state index is 10.6. The SMILES string of the molecule is N#Cc1ccccc1C(O)COCc1cn(C(c2ccccc2)(c2ccccc2)c2ccccc2)cn1. The second-order valence-electron chi connectivity index (χ2n) is 8.81. The van der Waals surface area contributed by atoms with Crippen molar-refractivity contribution in [2.24, 2.45) is 0 Å². The van der Waals surface area contributed by atoms with Crippen LogP contribution in [0.5, 0.6) is 0 Å². The molecule has 0 aliphatic carbocycles. The number of benzene rings is 4. The summed E-state index contributed by atoms with van der Waals surface area (Å²) in [6.07, 6.45) is 2.95. The van der Waals surface area contributed by atoms with E-state index in [1.807, 2.05) is 30.7 Å². The second kappa shape index (κ2) is 11.0. The molecule has 1 aromatic heterocycles. The molecule has 1 heterocycles. The molecule has 37 heavy (non-hydrogen) atoms. The van der Waals surface area contributed by atoms with E-state index in [1.165, 1.54) is 0 Å². The summed E-state index contributed by atoms with van der Waals surface area (Å²) in [5, 5.41) is 19.9. The quantitative estimate of drug-likeness (QED) is 0.266. The van der Waals surface area contributed by atoms with E-state index in [1.54, 1.807) is 24.3 Å². The summed E-state index contributed by atoms with van der Waals surface area (Å²) < 4.78 is 7.98. The minimum absolute atomic E-state index is 0.0623. The molecule has 0 fully saturated rings. The average Bonchev–Trinajstić information content (AvgIpc) is 3.44. The zero-order chi connectivity index (χ0) is 25.5. The first-order chi connectivity index (χ1) is 18.2. The molecule has 1 atom stereocenters. The van der Waals surface area contributed by atoms with Crippen LogP contribution in [0.15, 0.2) is 128 Å². The van der Waals surface area contributed by atoms with E-state index < -0.39 is 11.6 Å². The largest absolute Gasteiger partial charge is 0.386 e. The number of nitrogens with zero attached hydrogens (tertiary/aromatic N) is 3. The van der Waals surface area contributed by atoms with Crippen molar-refractivity contribution >= 4 is 0 Å². The third-order valence-corrected chi connectivity index (χ3v) is 6.56. The van der Waals surface area contributed by atoms with Gasteiger partial charge in [-0.15, -0.1) is 0 Å². The summed E-state index contributed by atoms with van der Waals surface area (Å²) in [6.45, 7) is 0.292. The molecule has 1 N–H and O–H groups in total. The molecule has 182 valence electrons. The molecule has 4 aromatic carbocycles. The molecular weight excluding hydrogens is 458 g/mol. The molecule has 0 saturated carbocycles. The number of aliphatic hydroxyl groups is 1. The summed E-state index contributed by atoms with van der Waals surface area (Å²) in [7, 11) is 0. The maximum atomic E-state index is 10.6. The van der Waals surface area contributed by atoms with Crippen molar-refractivity contribution in [3.8, 4) is 6.07 Å². The van der Waals surface area contributed by atoms with Gasteiger partial charge in [-0.2, -0.15) is 5.26 Å². The van der Waals surface area contributed by atoms with E-state index >= 15 is 0 Å². The van der Waals surface area contributed by atoms with E-state index in [0.717, 1.165) is 22.4 Å². The lowest BCUT2D eigenvalue weighted by Crippen LogP contribution is -2.36. The Morgan fingerprint density at radius 3 is 1.84 bits per heavy atom. The van der Waals surface area contributed by atoms with Crippen LogP contribution in [0.4, 0.5) is 0 Å². The highest BCUT2D eigenvalue weighted by molar-refractivity contribution is 5.50. The highest BCUT2D eigenvalue weighted by Gasteiger charge is 2.38. The van der Waals surface area contributed by atoms with Crippen LogP contribution in [0.3, 0.4) is 0 Å². The van der Waals surface area contributed by atoms with Gasteiger partial charge < -0.3 is 14.4 Å². The monoisotopic (exact) mass is 485 g/mol. The second-order valence-corrected chi connectivity index (χ2v) is 8.81. The van der Waals surface area contributed by atoms with E-state index in [9.17, 15) is 10.4 Å². The molecule has 0 spiro atoms. The maximum Gasteiger partial charge on any atom is 0.121 e. The Kier molecular flexibility index (Phi) is 7.23. The van der Waals surface area contributed by atoms with Gasteiger partial charge in [0, 0.05) is 11.8 Å². The molecule has 5 nitrogen and oxygen atoms in total. The fraction of sp³-hybridized carbons (Fsp3) is 0.125. The summed E-state index contributed by atoms with van der Waals surface area (Å²) in [5.41, 5.74) is 4.45. The van der Waals surface area contributed by atoms with Gasteiger partial charge in [0.1, 0.15) is 11.6 Å². The fourth-order valence-electron chi connectivity index (χ4n) is 4.86. The predicted molar refractivity (Wildman–Crippen MR) is 143 cm³/mol. The number of aliphatic hydroxyl groups excluding tert-OH is 1. The van der Waals surface area contributed by atoms with Gasteiger partial charge in [-0.1, -0.05) is 109 Å². The Bertz CT molecular complexity index is 1380. The van der Waals surface area contributed by atoms with Crippen LogP contribution in [-0.2, 0) is 16.9 Å². The van der Waals surface area contributed by atoms with Crippen LogP contribution < -0.4 is 0 Å². The Morgan fingerprint density at radius 1 is 0.784 bits per heavy atom. The summed E-state index contributed by atoms with van der Waals surface area (Å²) in [6, 6.07) is 40.3. The summed E-state index contributed by atoms with van der Waals surface area (Å²) >= 11 is 0. The van der Waals surface area contributed by atoms with Gasteiger partial charge in [0.05, 0.1) is 36.9 Å². The van der Waals surface area contributed by atoms with Crippen molar-refractivity contribution in [2.45, 2.75) is 18.2 Å². The van der Waals surface area contributed by atoms with Gasteiger partial charge in [0.25, 0.3) is 0 Å². The van der Waals surface area contributed by atoms with Crippen molar-refractivity contribution in [3.05, 3.63) is 161 Å². The number of rotatable bonds is 9. The number of imidazole rings is 1. The molecule has 1 unspecified atom stereocenters. The van der Waals surface area contributed by atoms with Gasteiger partial charge in [0.2, 0.25) is 0 Å². The average molecular weight is 486 g/mol. The molecule has 0 amide bonds. The molecule has 0 radical (unpaired) electrons. The first-order valence-corrected chi connectivity index (χ1v) is 12.2. The van der Waals surface area contributed by atoms with Gasteiger partial charge in [-0.25, -0.2) is 4.98 Å². The Hall–Kier alpha value is -4.50. The third-order valence-electron chi connectivity index (χ3n) is 6.56. The van der Waals surface area contributed by atoms with E-state index in [-0.39, 0.29) is 13.2 Å². The highest BCUT2D eigenvalue weighted by atomic mass is 16.5. The number of aromatic nitrogens is 2. The van der Waals surface area contributed by atoms with Crippen LogP contribution in [0, 0.1) is 11.3 Å². The minimum Gasteiger partial charge on any atom is -0.386 e. The molecule has 0 aliphatic rings. The Labute approximate surface area is 216 Å². The standard InChI is InChI=1S/C32H27N3O2/c33-20-25-12-10-11-19-30(25)31(36)23-37-22-29-21-35(24-34-29)32(26-13-4-1-5-14-26,27-15-6-2-7-16-27)28-17-8-3-9-18-28/h1-19,21,24,31,36H,22-23H2. The van der Waals surface area contributed by atoms with Crippen LogP contribution >= 0.6 is 0 Å². The molecule has 0 aliphatic heterocycles. The highest BCUT2D eigenvalue weighted by Crippen LogP contribution is 2.40. The molecule has 5 heteroatoms. The molecular formula is C32H27N3O2. The van der Waals surface area contributed by atoms with Crippen LogP contribution in [-0.4, -0.2) is 21.3 Å². The van der Waals surface area contributed by atoms with E-state index in [0.29, 0.717) is 11.1 Å². The molecule has 0 bridgehead atoms. The lowest BCUT2D eigenvalue weighted by molar-refractivity contribution is 0.0264. The van der Waals surface area contributed by atoms with Gasteiger partial charge in [-0.05, 0) is 22.8 Å². The van der Waals surface area contributed by atoms with Crippen LogP contribution in [0.25, 0.3) is 0 Å². The first kappa shape index (κ1) is 24.2. The van der Waals surface area contributed by atoms with E-state index in [2.05, 4.69) is 88.4 Å². The van der Waals surface area contributed by atoms with Crippen molar-refractivity contribution < 1.29 is 9.84 Å². The van der Waals surface area contributed by atoms with Crippen LogP contribution in [0.2, 0.25) is 0 Å². The fourth-order valence-corrected chi connectivity index (χ4v) is 4.86. The smallest absolute Gasteiger partial charge is 0.121 e. The van der Waals surface area contributed by atoms with Gasteiger partial charge in [0.15, 0.2) is 0 Å². The number of ether oxygens (including phenoxy) is 1. The Balaban J connectivity index is 1.48. The summed E-state index contributed by atoms with van der Waals surface area (Å²) in [4.78, 5) is 4.67. The van der Waals surface area contributed by atoms with Gasteiger partial charge >= 0.3 is 0 Å². The predicted octanol–water partition coefficient (Wildman–Crippen LogP) is 5.85. The lowest BCUT2D eigenvalue weighted by Gasteiger charge is -2.37. The zero-order valence-corrected chi connectivity index (χ0v) is 20.3. The summed E-state index contributed by atoms with van der Waals surface area (Å²) in [5.74, 6) is 0. The number of hydrogen-bond donors (Lipinski definition) is 1. The lowest BCUT2D eigenvalue weighted by atomic mass is 9.77. The Morgan fingerprint density at radius 2 is 1.30 bits per heavy atom. The topological polar surface area (TPSA) is 71.1 Å². The first-order valence-electron chi connectivity index (χ1n) is 12.2. The van der Waals surface area contributed by atoms with Crippen molar-refractivity contribution in [3.63, 3.8) is 0 Å². The van der Waals surface area contributed by atoms with Crippen LogP contribution in [0.1, 0.15) is 39.6 Å². The van der Waals surface area contributed by atoms with Crippen molar-refractivity contribution in [1.29, 1.82) is 5.26 Å². The van der Waals surface area contributed by atoms with Crippen molar-refractivity contribution in [1.82, 2.24) is 9.55 Å². The number of nitriles is 1. The normalized spacial score (nSPS) is 12.1. The molecule has 5 rings (SSSR count). The zero-order valence-electron chi connectivity index (χ0n) is 20.3. The number of hydrogen-bond acceptors (Lipinski definition) is 4. The van der Waals surface area contributed by atoms with Crippen molar-refractivity contribution in [2.75, 3.05) is 6.61 Å². The van der Waals surface area contributed by atoms with E-state index in [4.69, 9.17) is 4.74 Å². The third kappa shape index (κ3) is 4.81. The van der Waals surface area contributed by atoms with Gasteiger partial charge in [-0.3, -0.25) is 0 Å². The molecule has 0 saturated heterocycles. The minimum atomic E-state index is -0.894.